The van der Waals surface area contributed by atoms with E-state index >= 15 is 0 Å². The Hall–Kier alpha value is -1.09. The van der Waals surface area contributed by atoms with Gasteiger partial charge in [-0.15, -0.1) is 0 Å². The van der Waals surface area contributed by atoms with Crippen molar-refractivity contribution >= 4 is 0 Å². The highest BCUT2D eigenvalue weighted by Crippen LogP contribution is 2.31. The smallest absolute Gasteiger partial charge is 0.123 e. The molecular formula is C15H20FNO. The highest BCUT2D eigenvalue weighted by Gasteiger charge is 2.25. The van der Waals surface area contributed by atoms with Crippen LogP contribution in [0, 0.1) is 11.7 Å². The minimum Gasteiger partial charge on any atom is -0.490 e. The normalized spacial score (nSPS) is 20.9. The quantitative estimate of drug-likeness (QED) is 0.886. The molecule has 1 aliphatic heterocycles. The van der Waals surface area contributed by atoms with Gasteiger partial charge in [0.2, 0.25) is 0 Å². The van der Waals surface area contributed by atoms with Crippen LogP contribution in [0.4, 0.5) is 4.39 Å². The molecule has 1 aromatic carbocycles. The lowest BCUT2D eigenvalue weighted by atomic mass is 9.90. The first-order valence-corrected chi connectivity index (χ1v) is 6.97. The lowest BCUT2D eigenvalue weighted by Gasteiger charge is -2.23. The van der Waals surface area contributed by atoms with Crippen LogP contribution in [-0.4, -0.2) is 19.2 Å². The molecule has 1 saturated carbocycles. The Morgan fingerprint density at radius 3 is 2.67 bits per heavy atom. The van der Waals surface area contributed by atoms with E-state index in [4.69, 9.17) is 4.74 Å². The second-order valence-corrected chi connectivity index (χ2v) is 5.47. The molecule has 98 valence electrons. The molecule has 1 heterocycles. The summed E-state index contributed by atoms with van der Waals surface area (Å²) in [7, 11) is 0. The highest BCUT2D eigenvalue weighted by molar-refractivity contribution is 5.35. The Labute approximate surface area is 108 Å². The Balaban J connectivity index is 1.72. The Bertz CT molecular complexity index is 411. The van der Waals surface area contributed by atoms with Crippen molar-refractivity contribution < 1.29 is 9.13 Å². The van der Waals surface area contributed by atoms with Crippen LogP contribution in [0.25, 0.3) is 0 Å². The average molecular weight is 249 g/mol. The number of nitrogens with one attached hydrogen (secondary N) is 1. The summed E-state index contributed by atoms with van der Waals surface area (Å²) in [6.07, 6.45) is 5.97. The van der Waals surface area contributed by atoms with Crippen molar-refractivity contribution in [3.8, 4) is 5.75 Å². The van der Waals surface area contributed by atoms with Crippen molar-refractivity contribution in [3.05, 3.63) is 29.6 Å². The van der Waals surface area contributed by atoms with Gasteiger partial charge in [0, 0.05) is 0 Å². The number of hydrogen-bond donors (Lipinski definition) is 1. The molecule has 2 nitrogen and oxygen atoms in total. The van der Waals surface area contributed by atoms with E-state index in [2.05, 4.69) is 5.32 Å². The molecule has 1 N–H and O–H groups in total. The molecule has 1 aromatic rings. The van der Waals surface area contributed by atoms with Crippen LogP contribution in [0.5, 0.6) is 5.75 Å². The predicted octanol–water partition coefficient (Wildman–Crippen LogP) is 2.91. The third-order valence-corrected chi connectivity index (χ3v) is 3.81. The Kier molecular flexibility index (Phi) is 3.50. The SMILES string of the molecule is Fc1ccc(OC2CC2)c(CC2CCNCC2)c1. The van der Waals surface area contributed by atoms with Crippen LogP contribution in [0.15, 0.2) is 18.2 Å². The van der Waals surface area contributed by atoms with Gasteiger partial charge in [-0.2, -0.15) is 0 Å². The lowest BCUT2D eigenvalue weighted by molar-refractivity contribution is 0.294. The van der Waals surface area contributed by atoms with Crippen molar-refractivity contribution in [1.82, 2.24) is 5.32 Å². The summed E-state index contributed by atoms with van der Waals surface area (Å²) in [5.41, 5.74) is 1.05. The summed E-state index contributed by atoms with van der Waals surface area (Å²) in [4.78, 5) is 0. The van der Waals surface area contributed by atoms with Gasteiger partial charge in [0.15, 0.2) is 0 Å². The first kappa shape index (κ1) is 12.0. The van der Waals surface area contributed by atoms with Crippen LogP contribution < -0.4 is 10.1 Å². The van der Waals surface area contributed by atoms with E-state index in [1.807, 2.05) is 0 Å². The third kappa shape index (κ3) is 3.02. The fraction of sp³-hybridized carbons (Fsp3) is 0.600. The number of hydrogen-bond acceptors (Lipinski definition) is 2. The standard InChI is InChI=1S/C15H20FNO/c16-13-1-4-15(18-14-2-3-14)12(10-13)9-11-5-7-17-8-6-11/h1,4,10-11,14,17H,2-3,5-9H2. The van der Waals surface area contributed by atoms with E-state index in [0.717, 1.165) is 43.7 Å². The molecule has 3 rings (SSSR count). The minimum atomic E-state index is -0.151. The molecule has 3 heteroatoms. The van der Waals surface area contributed by atoms with Crippen LogP contribution in [-0.2, 0) is 6.42 Å². The molecule has 0 bridgehead atoms. The molecule has 0 atom stereocenters. The first-order chi connectivity index (χ1) is 8.81. The van der Waals surface area contributed by atoms with E-state index in [-0.39, 0.29) is 5.82 Å². The Morgan fingerprint density at radius 1 is 1.17 bits per heavy atom. The lowest BCUT2D eigenvalue weighted by Crippen LogP contribution is -2.28. The van der Waals surface area contributed by atoms with Gasteiger partial charge in [-0.05, 0) is 74.9 Å². The topological polar surface area (TPSA) is 21.3 Å². The minimum absolute atomic E-state index is 0.151. The van der Waals surface area contributed by atoms with E-state index in [1.54, 1.807) is 12.1 Å². The van der Waals surface area contributed by atoms with Crippen molar-refractivity contribution in [2.24, 2.45) is 5.92 Å². The summed E-state index contributed by atoms with van der Waals surface area (Å²) in [6.45, 7) is 2.16. The second-order valence-electron chi connectivity index (χ2n) is 5.47. The van der Waals surface area contributed by atoms with Crippen molar-refractivity contribution in [1.29, 1.82) is 0 Å². The largest absolute Gasteiger partial charge is 0.490 e. The molecule has 0 radical (unpaired) electrons. The zero-order chi connectivity index (χ0) is 12.4. The zero-order valence-electron chi connectivity index (χ0n) is 10.6. The average Bonchev–Trinajstić information content (AvgIpc) is 3.18. The van der Waals surface area contributed by atoms with Crippen molar-refractivity contribution in [2.75, 3.05) is 13.1 Å². The molecule has 2 fully saturated rings. The molecule has 1 saturated heterocycles. The van der Waals surface area contributed by atoms with E-state index in [1.165, 1.54) is 18.9 Å². The van der Waals surface area contributed by atoms with E-state index in [0.29, 0.717) is 12.0 Å². The van der Waals surface area contributed by atoms with Gasteiger partial charge in [0.05, 0.1) is 6.10 Å². The van der Waals surface area contributed by atoms with Gasteiger partial charge in [-0.3, -0.25) is 0 Å². The molecule has 0 aromatic heterocycles. The number of piperidine rings is 1. The third-order valence-electron chi connectivity index (χ3n) is 3.81. The summed E-state index contributed by atoms with van der Waals surface area (Å²) >= 11 is 0. The van der Waals surface area contributed by atoms with Crippen LogP contribution in [0.2, 0.25) is 0 Å². The van der Waals surface area contributed by atoms with Crippen LogP contribution in [0.1, 0.15) is 31.2 Å². The Morgan fingerprint density at radius 2 is 1.94 bits per heavy atom. The van der Waals surface area contributed by atoms with Crippen molar-refractivity contribution in [2.45, 2.75) is 38.2 Å². The van der Waals surface area contributed by atoms with Gasteiger partial charge in [-0.1, -0.05) is 0 Å². The van der Waals surface area contributed by atoms with E-state index in [9.17, 15) is 4.39 Å². The van der Waals surface area contributed by atoms with E-state index < -0.39 is 0 Å². The maximum Gasteiger partial charge on any atom is 0.123 e. The maximum absolute atomic E-state index is 13.4. The van der Waals surface area contributed by atoms with Gasteiger partial charge in [-0.25, -0.2) is 4.39 Å². The maximum atomic E-state index is 13.4. The monoisotopic (exact) mass is 249 g/mol. The van der Waals surface area contributed by atoms with Gasteiger partial charge in [0.25, 0.3) is 0 Å². The summed E-state index contributed by atoms with van der Waals surface area (Å²) < 4.78 is 19.3. The summed E-state index contributed by atoms with van der Waals surface area (Å²) in [5, 5.41) is 3.36. The fourth-order valence-corrected chi connectivity index (χ4v) is 2.58. The van der Waals surface area contributed by atoms with Gasteiger partial charge < -0.3 is 10.1 Å². The molecule has 18 heavy (non-hydrogen) atoms. The molecule has 0 unspecified atom stereocenters. The predicted molar refractivity (Wildman–Crippen MR) is 69.3 cm³/mol. The zero-order valence-corrected chi connectivity index (χ0v) is 10.6. The number of halogens is 1. The molecular weight excluding hydrogens is 229 g/mol. The fourth-order valence-electron chi connectivity index (χ4n) is 2.58. The summed E-state index contributed by atoms with van der Waals surface area (Å²) in [5.74, 6) is 1.41. The van der Waals surface area contributed by atoms with Crippen molar-refractivity contribution in [3.63, 3.8) is 0 Å². The van der Waals surface area contributed by atoms with Gasteiger partial charge >= 0.3 is 0 Å². The number of benzene rings is 1. The molecule has 2 aliphatic rings. The second kappa shape index (κ2) is 5.27. The van der Waals surface area contributed by atoms with Gasteiger partial charge in [0.1, 0.15) is 11.6 Å². The molecule has 1 aliphatic carbocycles. The van der Waals surface area contributed by atoms with Crippen LogP contribution in [0.3, 0.4) is 0 Å². The molecule has 0 amide bonds. The summed E-state index contributed by atoms with van der Waals surface area (Å²) in [6, 6.07) is 4.95. The number of ether oxygens (including phenoxy) is 1. The van der Waals surface area contributed by atoms with Crippen LogP contribution >= 0.6 is 0 Å². The highest BCUT2D eigenvalue weighted by atomic mass is 19.1. The number of rotatable bonds is 4. The first-order valence-electron chi connectivity index (χ1n) is 6.97. The molecule has 0 spiro atoms.